The quantitative estimate of drug-likeness (QED) is 0.610. The number of anilines is 1. The summed E-state index contributed by atoms with van der Waals surface area (Å²) in [4.78, 5) is 39.2. The molecule has 1 aliphatic heterocycles. The summed E-state index contributed by atoms with van der Waals surface area (Å²) in [6.45, 7) is 5.48. The van der Waals surface area contributed by atoms with Gasteiger partial charge in [0.05, 0.1) is 24.5 Å². The van der Waals surface area contributed by atoms with E-state index in [1.165, 1.54) is 0 Å². The lowest BCUT2D eigenvalue weighted by Crippen LogP contribution is -2.33. The van der Waals surface area contributed by atoms with Gasteiger partial charge >= 0.3 is 17.8 Å². The fourth-order valence-corrected chi connectivity index (χ4v) is 2.66. The minimum Gasteiger partial charge on any atom is -0.492 e. The number of amides is 4. The first-order chi connectivity index (χ1) is 12.0. The molecule has 1 saturated heterocycles. The molecule has 3 rings (SSSR count). The van der Waals surface area contributed by atoms with E-state index in [1.54, 1.807) is 45.0 Å². The number of carbonyl (C=O) groups excluding carboxylic acids is 3. The van der Waals surface area contributed by atoms with Crippen molar-refractivity contribution in [2.75, 3.05) is 11.5 Å². The maximum Gasteiger partial charge on any atom is 0.339 e. The number of hydrogen-bond donors (Lipinski definition) is 0. The van der Waals surface area contributed by atoms with E-state index in [2.05, 4.69) is 5.16 Å². The predicted octanol–water partition coefficient (Wildman–Crippen LogP) is 2.19. The Balaban J connectivity index is 1.95. The largest absolute Gasteiger partial charge is 0.492 e. The lowest BCUT2D eigenvalue weighted by molar-refractivity contribution is -0.139. The van der Waals surface area contributed by atoms with Crippen molar-refractivity contribution < 1.29 is 23.6 Å². The van der Waals surface area contributed by atoms with Crippen LogP contribution in [-0.2, 0) is 16.1 Å². The van der Waals surface area contributed by atoms with E-state index in [1.807, 2.05) is 0 Å². The summed E-state index contributed by atoms with van der Waals surface area (Å²) >= 11 is 0. The first kappa shape index (κ1) is 16.7. The summed E-state index contributed by atoms with van der Waals surface area (Å²) in [5, 5.41) is 3.80. The molecule has 2 aromatic rings. The molecule has 0 atom stereocenters. The number of carbonyl (C=O) groups is 3. The Morgan fingerprint density at radius 3 is 2.48 bits per heavy atom. The topological polar surface area (TPSA) is 92.9 Å². The number of para-hydroxylation sites is 2. The zero-order chi connectivity index (χ0) is 18.1. The second-order valence-electron chi connectivity index (χ2n) is 5.52. The molecule has 0 spiro atoms. The summed E-state index contributed by atoms with van der Waals surface area (Å²) in [5.41, 5.74) is 1.42. The van der Waals surface area contributed by atoms with Crippen LogP contribution in [0.25, 0.3) is 0 Å². The van der Waals surface area contributed by atoms with Crippen LogP contribution < -0.4 is 9.64 Å². The molecular weight excluding hydrogens is 326 g/mol. The van der Waals surface area contributed by atoms with Crippen molar-refractivity contribution in [1.29, 1.82) is 0 Å². The molecule has 8 heteroatoms. The van der Waals surface area contributed by atoms with Crippen LogP contribution in [0.3, 0.4) is 0 Å². The molecule has 0 aliphatic carbocycles. The number of rotatable bonds is 5. The summed E-state index contributed by atoms with van der Waals surface area (Å²) < 4.78 is 10.5. The highest BCUT2D eigenvalue weighted by Crippen LogP contribution is 2.32. The van der Waals surface area contributed by atoms with Crippen LogP contribution in [0.2, 0.25) is 0 Å². The number of hydrogen-bond acceptors (Lipinski definition) is 6. The van der Waals surface area contributed by atoms with E-state index in [0.29, 0.717) is 29.4 Å². The van der Waals surface area contributed by atoms with Gasteiger partial charge in [0.15, 0.2) is 0 Å². The molecule has 4 amide bonds. The first-order valence-electron chi connectivity index (χ1n) is 7.79. The average Bonchev–Trinajstić information content (AvgIpc) is 3.01. The van der Waals surface area contributed by atoms with E-state index in [4.69, 9.17) is 9.26 Å². The second kappa shape index (κ2) is 6.39. The maximum atomic E-state index is 12.7. The minimum absolute atomic E-state index is 0.0716. The predicted molar refractivity (Wildman–Crippen MR) is 87.0 cm³/mol. The van der Waals surface area contributed by atoms with Gasteiger partial charge < -0.3 is 9.26 Å². The second-order valence-corrected chi connectivity index (χ2v) is 5.52. The molecule has 0 N–H and O–H groups in total. The molecule has 0 unspecified atom stereocenters. The lowest BCUT2D eigenvalue weighted by Gasteiger charge is -2.18. The van der Waals surface area contributed by atoms with E-state index >= 15 is 0 Å². The average molecular weight is 343 g/mol. The standard InChI is InChI=1S/C17H17N3O5/c1-4-24-14-8-6-5-7-13(14)20-16(22)15(21)19(17(20)23)9-12-10(2)18-25-11(12)3/h5-8H,4,9H2,1-3H3. The van der Waals surface area contributed by atoms with E-state index in [0.717, 1.165) is 9.80 Å². The highest BCUT2D eigenvalue weighted by Gasteiger charge is 2.46. The van der Waals surface area contributed by atoms with Gasteiger partial charge in [0.2, 0.25) is 0 Å². The van der Waals surface area contributed by atoms with Gasteiger partial charge in [-0.1, -0.05) is 17.3 Å². The number of urea groups is 1. The zero-order valence-corrected chi connectivity index (χ0v) is 14.1. The lowest BCUT2D eigenvalue weighted by atomic mass is 10.2. The Morgan fingerprint density at radius 2 is 1.84 bits per heavy atom. The Bertz CT molecular complexity index is 838. The van der Waals surface area contributed by atoms with Crippen molar-refractivity contribution in [3.8, 4) is 5.75 Å². The number of aryl methyl sites for hydroxylation is 2. The van der Waals surface area contributed by atoms with Gasteiger partial charge in [-0.2, -0.15) is 0 Å². The van der Waals surface area contributed by atoms with Gasteiger partial charge in [0, 0.05) is 5.56 Å². The van der Waals surface area contributed by atoms with Crippen LogP contribution in [0.4, 0.5) is 10.5 Å². The van der Waals surface area contributed by atoms with Crippen molar-refractivity contribution >= 4 is 23.5 Å². The van der Waals surface area contributed by atoms with Crippen molar-refractivity contribution in [3.63, 3.8) is 0 Å². The Hall–Kier alpha value is -3.16. The van der Waals surface area contributed by atoms with Crippen molar-refractivity contribution in [3.05, 3.63) is 41.3 Å². The number of benzene rings is 1. The third-order valence-electron chi connectivity index (χ3n) is 3.96. The van der Waals surface area contributed by atoms with Gasteiger partial charge in [-0.05, 0) is 32.9 Å². The molecule has 0 radical (unpaired) electrons. The number of aromatic nitrogens is 1. The summed E-state index contributed by atoms with van der Waals surface area (Å²) in [6, 6.07) is 5.87. The van der Waals surface area contributed by atoms with Gasteiger partial charge in [-0.3, -0.25) is 14.5 Å². The Morgan fingerprint density at radius 1 is 1.12 bits per heavy atom. The molecule has 1 fully saturated rings. The SMILES string of the molecule is CCOc1ccccc1N1C(=O)C(=O)N(Cc2c(C)noc2C)C1=O. The summed E-state index contributed by atoms with van der Waals surface area (Å²) in [5.74, 6) is -0.947. The van der Waals surface area contributed by atoms with Gasteiger partial charge in [-0.25, -0.2) is 9.69 Å². The molecule has 1 aliphatic rings. The third-order valence-corrected chi connectivity index (χ3v) is 3.96. The molecule has 2 heterocycles. The Labute approximate surface area is 143 Å². The highest BCUT2D eigenvalue weighted by atomic mass is 16.5. The normalized spacial score (nSPS) is 14.6. The molecule has 1 aromatic heterocycles. The monoisotopic (exact) mass is 343 g/mol. The first-order valence-corrected chi connectivity index (χ1v) is 7.79. The molecule has 25 heavy (non-hydrogen) atoms. The van der Waals surface area contributed by atoms with Crippen LogP contribution in [-0.4, -0.2) is 34.5 Å². The molecule has 0 bridgehead atoms. The van der Waals surface area contributed by atoms with Crippen molar-refractivity contribution in [2.45, 2.75) is 27.3 Å². The minimum atomic E-state index is -0.913. The number of nitrogens with zero attached hydrogens (tertiary/aromatic N) is 3. The molecule has 130 valence electrons. The van der Waals surface area contributed by atoms with Crippen LogP contribution in [0.5, 0.6) is 5.75 Å². The Kier molecular flexibility index (Phi) is 4.26. The third kappa shape index (κ3) is 2.75. The number of ether oxygens (including phenoxy) is 1. The molecule has 0 saturated carbocycles. The van der Waals surface area contributed by atoms with Gasteiger partial charge in [0.25, 0.3) is 0 Å². The smallest absolute Gasteiger partial charge is 0.339 e. The molecular formula is C17H17N3O5. The fraction of sp³-hybridized carbons (Fsp3) is 0.294. The number of imide groups is 2. The van der Waals surface area contributed by atoms with E-state index in [-0.39, 0.29) is 12.2 Å². The van der Waals surface area contributed by atoms with Gasteiger partial charge in [0.1, 0.15) is 11.5 Å². The van der Waals surface area contributed by atoms with Crippen LogP contribution in [0.1, 0.15) is 23.9 Å². The van der Waals surface area contributed by atoms with E-state index < -0.39 is 17.8 Å². The molecule has 1 aromatic carbocycles. The fourth-order valence-electron chi connectivity index (χ4n) is 2.66. The van der Waals surface area contributed by atoms with Crippen molar-refractivity contribution in [1.82, 2.24) is 10.1 Å². The summed E-state index contributed by atoms with van der Waals surface area (Å²) in [7, 11) is 0. The van der Waals surface area contributed by atoms with Crippen LogP contribution >= 0.6 is 0 Å². The summed E-state index contributed by atoms with van der Waals surface area (Å²) in [6.07, 6.45) is 0. The van der Waals surface area contributed by atoms with E-state index in [9.17, 15) is 14.4 Å². The molecule has 8 nitrogen and oxygen atoms in total. The van der Waals surface area contributed by atoms with Crippen LogP contribution in [0.15, 0.2) is 28.8 Å². The zero-order valence-electron chi connectivity index (χ0n) is 14.1. The maximum absolute atomic E-state index is 12.7. The highest BCUT2D eigenvalue weighted by molar-refractivity contribution is 6.52. The van der Waals surface area contributed by atoms with Crippen LogP contribution in [0, 0.1) is 13.8 Å². The van der Waals surface area contributed by atoms with Gasteiger partial charge in [-0.15, -0.1) is 0 Å². The van der Waals surface area contributed by atoms with Crippen molar-refractivity contribution in [2.24, 2.45) is 0 Å².